The Balaban J connectivity index is 1.25. The van der Waals surface area contributed by atoms with Gasteiger partial charge in [0, 0.05) is 56.9 Å². The van der Waals surface area contributed by atoms with E-state index in [4.69, 9.17) is 10.7 Å². The molecule has 0 bridgehead atoms. The summed E-state index contributed by atoms with van der Waals surface area (Å²) >= 11 is 0. The number of rotatable bonds is 8. The van der Waals surface area contributed by atoms with Crippen LogP contribution < -0.4 is 16.6 Å². The van der Waals surface area contributed by atoms with Gasteiger partial charge in [-0.3, -0.25) is 23.7 Å². The number of piperazine rings is 1. The molecule has 13 nitrogen and oxygen atoms in total. The molecule has 1 amide bonds. The highest BCUT2D eigenvalue weighted by Crippen LogP contribution is 2.28. The molecule has 1 saturated heterocycles. The molecule has 0 saturated carbocycles. The highest BCUT2D eigenvalue weighted by molar-refractivity contribution is 6.04. The topological polar surface area (TPSA) is 144 Å². The van der Waals surface area contributed by atoms with E-state index in [-0.39, 0.29) is 16.9 Å². The normalized spacial score (nSPS) is 15.0. The minimum absolute atomic E-state index is 0.0593. The highest BCUT2D eigenvalue weighted by Gasteiger charge is 2.25. The number of carbonyl (C=O) groups excluding carboxylic acids is 1. The molecular weight excluding hydrogens is 582 g/mol. The number of nitrogens with zero attached hydrogens (tertiary/aromatic N) is 9. The summed E-state index contributed by atoms with van der Waals surface area (Å²) < 4.78 is 4.95. The number of amides is 1. The number of hydrogen-bond acceptors (Lipinski definition) is 9. The lowest BCUT2D eigenvalue weighted by atomic mass is 10.0. The largest absolute Gasteiger partial charge is 0.381 e. The van der Waals surface area contributed by atoms with Crippen LogP contribution in [-0.4, -0.2) is 89.4 Å². The molecule has 0 radical (unpaired) electrons. The molecule has 6 aromatic rings. The zero-order valence-corrected chi connectivity index (χ0v) is 25.7. The first kappa shape index (κ1) is 29.3. The number of anilines is 1. The summed E-state index contributed by atoms with van der Waals surface area (Å²) in [5.41, 5.74) is 9.11. The first-order valence-electron chi connectivity index (χ1n) is 15.3. The summed E-state index contributed by atoms with van der Waals surface area (Å²) in [5.74, 6) is -0.0329. The van der Waals surface area contributed by atoms with E-state index in [9.17, 15) is 9.59 Å². The first-order chi connectivity index (χ1) is 22.4. The van der Waals surface area contributed by atoms with Gasteiger partial charge in [-0.25, -0.2) is 14.5 Å². The smallest absolute Gasteiger partial charge is 0.266 e. The Hall–Kier alpha value is -5.40. The lowest BCUT2D eigenvalue weighted by Crippen LogP contribution is -2.45. The molecule has 1 aliphatic rings. The molecular formula is C33H35N11O2. The Morgan fingerprint density at radius 1 is 1.02 bits per heavy atom. The van der Waals surface area contributed by atoms with Gasteiger partial charge in [-0.15, -0.1) is 5.10 Å². The van der Waals surface area contributed by atoms with Gasteiger partial charge in [0.25, 0.3) is 11.5 Å². The van der Waals surface area contributed by atoms with Gasteiger partial charge in [0.15, 0.2) is 11.5 Å². The van der Waals surface area contributed by atoms with E-state index in [1.54, 1.807) is 36.1 Å². The Bertz CT molecular complexity index is 2090. The number of aromatic nitrogens is 7. The molecule has 0 unspecified atom stereocenters. The summed E-state index contributed by atoms with van der Waals surface area (Å²) in [6.45, 7) is 7.68. The highest BCUT2D eigenvalue weighted by atomic mass is 16.2. The van der Waals surface area contributed by atoms with Gasteiger partial charge < -0.3 is 16.0 Å². The predicted octanol–water partition coefficient (Wildman–Crippen LogP) is 2.61. The maximum absolute atomic E-state index is 14.5. The summed E-state index contributed by atoms with van der Waals surface area (Å²) in [7, 11) is 2.15. The number of carbonyl (C=O) groups is 1. The van der Waals surface area contributed by atoms with E-state index in [0.717, 1.165) is 50.4 Å². The number of nitrogens with one attached hydrogen (secondary N) is 1. The van der Waals surface area contributed by atoms with Gasteiger partial charge >= 0.3 is 0 Å². The quantitative estimate of drug-likeness (QED) is 0.263. The van der Waals surface area contributed by atoms with Gasteiger partial charge in [-0.05, 0) is 43.8 Å². The van der Waals surface area contributed by atoms with Crippen molar-refractivity contribution >= 4 is 28.3 Å². The summed E-state index contributed by atoms with van der Waals surface area (Å²) in [4.78, 5) is 42.0. The molecule has 1 fully saturated rings. The van der Waals surface area contributed by atoms with Crippen LogP contribution >= 0.6 is 0 Å². The molecule has 1 aliphatic heterocycles. The van der Waals surface area contributed by atoms with E-state index in [1.165, 1.54) is 4.52 Å². The number of fused-ring (bicyclic) bond motifs is 2. The van der Waals surface area contributed by atoms with Crippen LogP contribution in [0.5, 0.6) is 0 Å². The number of hydrogen-bond donors (Lipinski definition) is 2. The molecule has 5 heterocycles. The van der Waals surface area contributed by atoms with E-state index in [2.05, 4.69) is 37.3 Å². The number of nitrogens with two attached hydrogens (primary N) is 1. The van der Waals surface area contributed by atoms with Crippen molar-refractivity contribution in [1.29, 1.82) is 0 Å². The van der Waals surface area contributed by atoms with Crippen LogP contribution in [0.25, 0.3) is 33.4 Å². The fourth-order valence-corrected chi connectivity index (χ4v) is 6.00. The van der Waals surface area contributed by atoms with Crippen molar-refractivity contribution in [2.24, 2.45) is 0 Å². The number of nitrogen functional groups attached to an aromatic ring is 1. The number of para-hydroxylation sites is 1. The van der Waals surface area contributed by atoms with Crippen LogP contribution in [0.3, 0.4) is 0 Å². The summed E-state index contributed by atoms with van der Waals surface area (Å²) in [6.07, 6.45) is 7.04. The van der Waals surface area contributed by atoms with Crippen LogP contribution in [0.4, 0.5) is 5.82 Å². The zero-order valence-electron chi connectivity index (χ0n) is 25.7. The third-order valence-corrected chi connectivity index (χ3v) is 8.51. The fourth-order valence-electron chi connectivity index (χ4n) is 6.00. The average molecular weight is 618 g/mol. The van der Waals surface area contributed by atoms with Gasteiger partial charge in [-0.2, -0.15) is 5.10 Å². The SMILES string of the molecule is C[C@@H](NC(=O)c1c(N)nn2cccnc12)c1nc2cccc(-c3cnn(CCN4CCN(C)CC4)c3)c2c(=O)n1-c1ccccc1. The molecule has 7 rings (SSSR count). The third kappa shape index (κ3) is 5.50. The van der Waals surface area contributed by atoms with E-state index < -0.39 is 11.9 Å². The lowest BCUT2D eigenvalue weighted by Gasteiger charge is -2.32. The van der Waals surface area contributed by atoms with Crippen molar-refractivity contribution in [2.75, 3.05) is 45.5 Å². The van der Waals surface area contributed by atoms with E-state index >= 15 is 0 Å². The molecule has 0 aliphatic carbocycles. The van der Waals surface area contributed by atoms with Crippen molar-refractivity contribution < 1.29 is 4.79 Å². The average Bonchev–Trinajstić information content (AvgIpc) is 3.68. The first-order valence-corrected chi connectivity index (χ1v) is 15.3. The number of benzene rings is 2. The Labute approximate surface area is 264 Å². The van der Waals surface area contributed by atoms with Crippen LogP contribution in [0.2, 0.25) is 0 Å². The van der Waals surface area contributed by atoms with Crippen LogP contribution in [0, 0.1) is 0 Å². The van der Waals surface area contributed by atoms with Crippen molar-refractivity contribution in [2.45, 2.75) is 19.5 Å². The second-order valence-corrected chi connectivity index (χ2v) is 11.6. The fraction of sp³-hybridized carbons (Fsp3) is 0.273. The molecule has 1 atom stereocenters. The van der Waals surface area contributed by atoms with Crippen molar-refractivity contribution in [3.63, 3.8) is 0 Å². The standard InChI is InChI=1S/C33H35N11O2/c1-22(37-32(45)28-29(34)39-43-13-7-12-35-31(28)43)30-38-26-11-6-10-25(27(26)33(46)44(30)24-8-4-3-5-9-24)23-20-36-42(21-23)19-18-41-16-14-40(2)15-17-41/h3-13,20-22H,14-19H2,1-2H3,(H2,34,39)(H,37,45)/t22-/m1/s1. The van der Waals surface area contributed by atoms with Crippen molar-refractivity contribution in [1.82, 2.24) is 49.0 Å². The maximum atomic E-state index is 14.5. The lowest BCUT2D eigenvalue weighted by molar-refractivity contribution is 0.0940. The Morgan fingerprint density at radius 2 is 1.83 bits per heavy atom. The molecule has 3 N–H and O–H groups in total. The Kier molecular flexibility index (Phi) is 7.76. The maximum Gasteiger partial charge on any atom is 0.266 e. The van der Waals surface area contributed by atoms with E-state index in [1.807, 2.05) is 59.4 Å². The van der Waals surface area contributed by atoms with Crippen molar-refractivity contribution in [3.8, 4) is 16.8 Å². The van der Waals surface area contributed by atoms with Gasteiger partial charge in [-0.1, -0.05) is 30.3 Å². The van der Waals surface area contributed by atoms with Crippen LogP contribution in [-0.2, 0) is 6.54 Å². The second kappa shape index (κ2) is 12.2. The summed E-state index contributed by atoms with van der Waals surface area (Å²) in [6, 6.07) is 16.0. The zero-order chi connectivity index (χ0) is 31.8. The summed E-state index contributed by atoms with van der Waals surface area (Å²) in [5, 5.41) is 12.3. The molecule has 46 heavy (non-hydrogen) atoms. The molecule has 2 aromatic carbocycles. The van der Waals surface area contributed by atoms with Crippen molar-refractivity contribution in [3.05, 3.63) is 101 Å². The molecule has 13 heteroatoms. The van der Waals surface area contributed by atoms with Gasteiger partial charge in [0.1, 0.15) is 11.4 Å². The minimum Gasteiger partial charge on any atom is -0.381 e. The van der Waals surface area contributed by atoms with E-state index in [0.29, 0.717) is 28.1 Å². The second-order valence-electron chi connectivity index (χ2n) is 11.6. The molecule has 234 valence electrons. The third-order valence-electron chi connectivity index (χ3n) is 8.51. The molecule has 4 aromatic heterocycles. The van der Waals surface area contributed by atoms with Crippen LogP contribution in [0.1, 0.15) is 29.1 Å². The predicted molar refractivity (Wildman–Crippen MR) is 176 cm³/mol. The molecule has 0 spiro atoms. The van der Waals surface area contributed by atoms with Crippen LogP contribution in [0.15, 0.2) is 84.2 Å². The Morgan fingerprint density at radius 3 is 2.63 bits per heavy atom. The van der Waals surface area contributed by atoms with Gasteiger partial charge in [0.2, 0.25) is 0 Å². The number of likely N-dealkylation sites (N-methyl/N-ethyl adjacent to an activating group) is 1. The monoisotopic (exact) mass is 617 g/mol. The minimum atomic E-state index is -0.677. The van der Waals surface area contributed by atoms with Gasteiger partial charge in [0.05, 0.1) is 35.4 Å².